The van der Waals surface area contributed by atoms with Crippen molar-refractivity contribution in [3.63, 3.8) is 0 Å². The summed E-state index contributed by atoms with van der Waals surface area (Å²) in [5.41, 5.74) is 1.22. The molecule has 2 atom stereocenters. The van der Waals surface area contributed by atoms with Gasteiger partial charge in [0.15, 0.2) is 0 Å². The molecule has 3 heteroatoms. The maximum Gasteiger partial charge on any atom is 0.0570 e. The number of hydrogen-bond acceptors (Lipinski definition) is 2. The maximum absolute atomic E-state index is 5.74. The number of benzene rings is 1. The molecule has 1 N–H and O–H groups in total. The first-order valence-electron chi connectivity index (χ1n) is 5.81. The molecule has 2 rings (SSSR count). The van der Waals surface area contributed by atoms with Crippen molar-refractivity contribution in [3.8, 4) is 0 Å². The van der Waals surface area contributed by atoms with E-state index < -0.39 is 0 Å². The van der Waals surface area contributed by atoms with E-state index in [0.29, 0.717) is 18.2 Å². The molecular weight excluding hydrogens is 313 g/mol. The molecule has 1 aliphatic rings. The summed E-state index contributed by atoms with van der Waals surface area (Å²) in [5.74, 6) is 0. The van der Waals surface area contributed by atoms with E-state index in [2.05, 4.69) is 66.0 Å². The second kappa shape index (κ2) is 5.36. The number of hydrogen-bond donors (Lipinski definition) is 1. The van der Waals surface area contributed by atoms with Crippen LogP contribution < -0.4 is 5.32 Å². The molecule has 1 aliphatic heterocycles. The van der Waals surface area contributed by atoms with Crippen LogP contribution >= 0.6 is 22.6 Å². The minimum absolute atomic E-state index is 0.365. The highest BCUT2D eigenvalue weighted by Crippen LogP contribution is 2.23. The van der Waals surface area contributed by atoms with Gasteiger partial charge in [-0.05, 0) is 67.5 Å². The number of halogens is 1. The van der Waals surface area contributed by atoms with Crippen LogP contribution in [0.4, 0.5) is 5.69 Å². The molecular formula is C13H18INO. The Bertz CT molecular complexity index is 346. The van der Waals surface area contributed by atoms with Gasteiger partial charge >= 0.3 is 0 Å². The largest absolute Gasteiger partial charge is 0.382 e. The van der Waals surface area contributed by atoms with Crippen LogP contribution in [0.25, 0.3) is 0 Å². The predicted molar refractivity (Wildman–Crippen MR) is 75.8 cm³/mol. The quantitative estimate of drug-likeness (QED) is 0.835. The van der Waals surface area contributed by atoms with Gasteiger partial charge in [0.1, 0.15) is 0 Å². The van der Waals surface area contributed by atoms with Crippen LogP contribution in [-0.4, -0.2) is 18.2 Å². The van der Waals surface area contributed by atoms with Crippen LogP contribution in [0.3, 0.4) is 0 Å². The third-order valence-corrected chi connectivity index (χ3v) is 3.56. The van der Waals surface area contributed by atoms with Gasteiger partial charge in [0.25, 0.3) is 0 Å². The van der Waals surface area contributed by atoms with Crippen LogP contribution in [0.5, 0.6) is 0 Å². The lowest BCUT2D eigenvalue weighted by molar-refractivity contribution is -0.0337. The van der Waals surface area contributed by atoms with E-state index in [0.717, 1.165) is 12.8 Å². The standard InChI is InChI=1S/C13H18INO/c1-9-6-13(7-10(2)16-9)15-12-5-3-4-11(14)8-12/h3-5,8-10,13,15H,6-7H2,1-2H3/t9-,10-/m0/s1. The van der Waals surface area contributed by atoms with Gasteiger partial charge in [0.05, 0.1) is 12.2 Å². The molecule has 88 valence electrons. The van der Waals surface area contributed by atoms with Crippen LogP contribution in [0.2, 0.25) is 0 Å². The molecule has 1 heterocycles. The highest BCUT2D eigenvalue weighted by atomic mass is 127. The third kappa shape index (κ3) is 3.35. The van der Waals surface area contributed by atoms with Crippen molar-refractivity contribution < 1.29 is 4.74 Å². The molecule has 0 radical (unpaired) electrons. The average Bonchev–Trinajstić information content (AvgIpc) is 2.15. The van der Waals surface area contributed by atoms with E-state index in [-0.39, 0.29) is 0 Å². The van der Waals surface area contributed by atoms with Crippen LogP contribution in [0.15, 0.2) is 24.3 Å². The average molecular weight is 331 g/mol. The summed E-state index contributed by atoms with van der Waals surface area (Å²) in [6, 6.07) is 9.06. The van der Waals surface area contributed by atoms with E-state index in [1.54, 1.807) is 0 Å². The molecule has 0 aliphatic carbocycles. The Morgan fingerprint density at radius 1 is 1.25 bits per heavy atom. The van der Waals surface area contributed by atoms with Crippen molar-refractivity contribution >= 4 is 28.3 Å². The molecule has 1 saturated heterocycles. The Morgan fingerprint density at radius 2 is 1.94 bits per heavy atom. The summed E-state index contributed by atoms with van der Waals surface area (Å²) in [5, 5.41) is 3.60. The van der Waals surface area contributed by atoms with Crippen molar-refractivity contribution in [2.75, 3.05) is 5.32 Å². The summed E-state index contributed by atoms with van der Waals surface area (Å²) in [6.45, 7) is 4.30. The molecule has 2 nitrogen and oxygen atoms in total. The van der Waals surface area contributed by atoms with Gasteiger partial charge in [-0.3, -0.25) is 0 Å². The Kier molecular flexibility index (Phi) is 4.08. The lowest BCUT2D eigenvalue weighted by Crippen LogP contribution is -2.36. The van der Waals surface area contributed by atoms with Gasteiger partial charge in [0, 0.05) is 15.3 Å². The van der Waals surface area contributed by atoms with Crippen molar-refractivity contribution in [1.82, 2.24) is 0 Å². The van der Waals surface area contributed by atoms with Gasteiger partial charge in [0.2, 0.25) is 0 Å². The Balaban J connectivity index is 1.98. The van der Waals surface area contributed by atoms with E-state index in [9.17, 15) is 0 Å². The minimum atomic E-state index is 0.365. The fourth-order valence-electron chi connectivity index (χ4n) is 2.34. The maximum atomic E-state index is 5.74. The van der Waals surface area contributed by atoms with Crippen LogP contribution in [0.1, 0.15) is 26.7 Å². The lowest BCUT2D eigenvalue weighted by Gasteiger charge is -2.33. The molecule has 16 heavy (non-hydrogen) atoms. The zero-order valence-electron chi connectivity index (χ0n) is 9.74. The first-order valence-corrected chi connectivity index (χ1v) is 6.89. The SMILES string of the molecule is C[C@H]1CC(Nc2cccc(I)c2)C[C@H](C)O1. The van der Waals surface area contributed by atoms with Crippen LogP contribution in [0, 0.1) is 3.57 Å². The second-order valence-electron chi connectivity index (χ2n) is 4.58. The number of ether oxygens (including phenoxy) is 1. The number of nitrogens with one attached hydrogen (secondary N) is 1. The molecule has 0 amide bonds. The first kappa shape index (κ1) is 12.2. The summed E-state index contributed by atoms with van der Waals surface area (Å²) in [6.07, 6.45) is 2.92. The second-order valence-corrected chi connectivity index (χ2v) is 5.83. The Labute approximate surface area is 111 Å². The van der Waals surface area contributed by atoms with E-state index in [1.807, 2.05) is 0 Å². The number of anilines is 1. The van der Waals surface area contributed by atoms with Gasteiger partial charge in [-0.15, -0.1) is 0 Å². The number of rotatable bonds is 2. The predicted octanol–water partition coefficient (Wildman–Crippen LogP) is 3.66. The van der Waals surface area contributed by atoms with Gasteiger partial charge < -0.3 is 10.1 Å². The zero-order valence-corrected chi connectivity index (χ0v) is 11.9. The lowest BCUT2D eigenvalue weighted by atomic mass is 9.99. The smallest absolute Gasteiger partial charge is 0.0570 e. The van der Waals surface area contributed by atoms with E-state index in [4.69, 9.17) is 4.74 Å². The first-order chi connectivity index (χ1) is 7.63. The van der Waals surface area contributed by atoms with Gasteiger partial charge in [-0.1, -0.05) is 6.07 Å². The normalized spacial score (nSPS) is 30.1. The van der Waals surface area contributed by atoms with Gasteiger partial charge in [-0.25, -0.2) is 0 Å². The van der Waals surface area contributed by atoms with Crippen molar-refractivity contribution in [2.45, 2.75) is 44.9 Å². The molecule has 0 spiro atoms. The Morgan fingerprint density at radius 3 is 2.56 bits per heavy atom. The fraction of sp³-hybridized carbons (Fsp3) is 0.538. The summed E-state index contributed by atoms with van der Waals surface area (Å²) >= 11 is 2.34. The molecule has 1 aromatic carbocycles. The Hall–Kier alpha value is -0.290. The molecule has 1 aromatic rings. The summed E-state index contributed by atoms with van der Waals surface area (Å²) < 4.78 is 7.01. The van der Waals surface area contributed by atoms with E-state index in [1.165, 1.54) is 9.26 Å². The minimum Gasteiger partial charge on any atom is -0.382 e. The van der Waals surface area contributed by atoms with Gasteiger partial charge in [-0.2, -0.15) is 0 Å². The molecule has 0 bridgehead atoms. The monoisotopic (exact) mass is 331 g/mol. The molecule has 0 unspecified atom stereocenters. The fourth-order valence-corrected chi connectivity index (χ4v) is 2.88. The van der Waals surface area contributed by atoms with Crippen molar-refractivity contribution in [2.24, 2.45) is 0 Å². The zero-order chi connectivity index (χ0) is 11.5. The highest BCUT2D eigenvalue weighted by Gasteiger charge is 2.24. The van der Waals surface area contributed by atoms with Crippen LogP contribution in [-0.2, 0) is 4.74 Å². The molecule has 0 saturated carbocycles. The highest BCUT2D eigenvalue weighted by molar-refractivity contribution is 14.1. The summed E-state index contributed by atoms with van der Waals surface area (Å²) in [4.78, 5) is 0. The van der Waals surface area contributed by atoms with Crippen molar-refractivity contribution in [1.29, 1.82) is 0 Å². The molecule has 1 fully saturated rings. The molecule has 0 aromatic heterocycles. The van der Waals surface area contributed by atoms with Crippen molar-refractivity contribution in [3.05, 3.63) is 27.8 Å². The summed E-state index contributed by atoms with van der Waals surface area (Å²) in [7, 11) is 0. The topological polar surface area (TPSA) is 21.3 Å². The third-order valence-electron chi connectivity index (χ3n) is 2.89. The van der Waals surface area contributed by atoms with E-state index >= 15 is 0 Å².